The number of amides is 3. The molecule has 20 heavy (non-hydrogen) atoms. The van der Waals surface area contributed by atoms with Crippen molar-refractivity contribution in [2.75, 3.05) is 31.1 Å². The lowest BCUT2D eigenvalue weighted by molar-refractivity contribution is 0.0940. The van der Waals surface area contributed by atoms with E-state index in [0.717, 1.165) is 25.2 Å². The molecule has 1 aromatic carbocycles. The largest absolute Gasteiger partial charge is 0.348 e. The molecule has 2 saturated heterocycles. The van der Waals surface area contributed by atoms with E-state index in [9.17, 15) is 9.59 Å². The monoisotopic (exact) mass is 274 g/mol. The number of anilines is 1. The summed E-state index contributed by atoms with van der Waals surface area (Å²) < 4.78 is 0. The first-order valence-electron chi connectivity index (χ1n) is 6.91. The second-order valence-corrected chi connectivity index (χ2v) is 5.09. The molecule has 3 rings (SSSR count). The van der Waals surface area contributed by atoms with Crippen LogP contribution in [0.5, 0.6) is 0 Å². The van der Waals surface area contributed by atoms with Crippen LogP contribution in [0.2, 0.25) is 0 Å². The fourth-order valence-corrected chi connectivity index (χ4v) is 2.56. The second kappa shape index (κ2) is 5.50. The third-order valence-corrected chi connectivity index (χ3v) is 3.69. The van der Waals surface area contributed by atoms with E-state index < -0.39 is 0 Å². The van der Waals surface area contributed by atoms with Gasteiger partial charge in [-0.15, -0.1) is 0 Å². The zero-order chi connectivity index (χ0) is 13.9. The van der Waals surface area contributed by atoms with E-state index >= 15 is 0 Å². The van der Waals surface area contributed by atoms with Gasteiger partial charge < -0.3 is 16.0 Å². The third-order valence-electron chi connectivity index (χ3n) is 3.69. The van der Waals surface area contributed by atoms with Crippen molar-refractivity contribution < 1.29 is 9.59 Å². The van der Waals surface area contributed by atoms with Crippen molar-refractivity contribution in [3.05, 3.63) is 29.8 Å². The molecule has 1 aromatic rings. The molecule has 0 saturated carbocycles. The Hall–Kier alpha value is -2.08. The lowest BCUT2D eigenvalue weighted by atomic mass is 10.1. The zero-order valence-corrected chi connectivity index (χ0v) is 11.2. The quantitative estimate of drug-likeness (QED) is 0.742. The van der Waals surface area contributed by atoms with E-state index in [4.69, 9.17) is 0 Å². The van der Waals surface area contributed by atoms with Crippen molar-refractivity contribution in [2.24, 2.45) is 0 Å². The summed E-state index contributed by atoms with van der Waals surface area (Å²) in [4.78, 5) is 25.3. The predicted molar refractivity (Wildman–Crippen MR) is 75.9 cm³/mol. The molecule has 6 heteroatoms. The molecule has 106 valence electrons. The molecule has 1 unspecified atom stereocenters. The van der Waals surface area contributed by atoms with E-state index in [0.29, 0.717) is 18.7 Å². The molecule has 2 aliphatic heterocycles. The van der Waals surface area contributed by atoms with Gasteiger partial charge in [0.15, 0.2) is 0 Å². The lowest BCUT2D eigenvalue weighted by Crippen LogP contribution is -2.36. The fourth-order valence-electron chi connectivity index (χ4n) is 2.56. The minimum atomic E-state index is -0.0840. The summed E-state index contributed by atoms with van der Waals surface area (Å²) in [6, 6.07) is 7.28. The number of benzene rings is 1. The highest BCUT2D eigenvalue weighted by atomic mass is 16.2. The van der Waals surface area contributed by atoms with Crippen molar-refractivity contribution in [3.63, 3.8) is 0 Å². The highest BCUT2D eigenvalue weighted by Crippen LogP contribution is 2.17. The van der Waals surface area contributed by atoms with E-state index in [-0.39, 0.29) is 18.0 Å². The standard InChI is InChI=1S/C14H18N4O2/c19-13(17-11-5-6-15-9-11)10-1-3-12(4-2-10)18-8-7-16-14(18)20/h1-4,11,15H,5-9H2,(H,16,20)(H,17,19). The van der Waals surface area contributed by atoms with Crippen molar-refractivity contribution in [1.29, 1.82) is 0 Å². The van der Waals surface area contributed by atoms with Gasteiger partial charge in [0, 0.05) is 36.9 Å². The average Bonchev–Trinajstić information content (AvgIpc) is 3.10. The van der Waals surface area contributed by atoms with E-state index in [1.54, 1.807) is 17.0 Å². The molecular weight excluding hydrogens is 256 g/mol. The van der Waals surface area contributed by atoms with Crippen LogP contribution < -0.4 is 20.9 Å². The highest BCUT2D eigenvalue weighted by Gasteiger charge is 2.21. The van der Waals surface area contributed by atoms with E-state index in [2.05, 4.69) is 16.0 Å². The van der Waals surface area contributed by atoms with Gasteiger partial charge >= 0.3 is 6.03 Å². The fraction of sp³-hybridized carbons (Fsp3) is 0.429. The van der Waals surface area contributed by atoms with E-state index in [1.165, 1.54) is 0 Å². The van der Waals surface area contributed by atoms with Crippen LogP contribution in [0.4, 0.5) is 10.5 Å². The molecule has 2 heterocycles. The summed E-state index contributed by atoms with van der Waals surface area (Å²) in [7, 11) is 0. The second-order valence-electron chi connectivity index (χ2n) is 5.09. The van der Waals surface area contributed by atoms with Gasteiger partial charge in [-0.3, -0.25) is 9.69 Å². The minimum Gasteiger partial charge on any atom is -0.348 e. The molecule has 1 atom stereocenters. The molecule has 2 aliphatic rings. The number of nitrogens with one attached hydrogen (secondary N) is 3. The van der Waals surface area contributed by atoms with Crippen LogP contribution in [0.1, 0.15) is 16.8 Å². The highest BCUT2D eigenvalue weighted by molar-refractivity contribution is 5.97. The molecule has 0 aliphatic carbocycles. The SMILES string of the molecule is O=C(NC1CCNC1)c1ccc(N2CCNC2=O)cc1. The van der Waals surface area contributed by atoms with Gasteiger partial charge in [0.2, 0.25) is 0 Å². The lowest BCUT2D eigenvalue weighted by Gasteiger charge is -2.15. The van der Waals surface area contributed by atoms with Crippen LogP contribution in [-0.2, 0) is 0 Å². The third kappa shape index (κ3) is 2.60. The number of nitrogens with zero attached hydrogens (tertiary/aromatic N) is 1. The summed E-state index contributed by atoms with van der Waals surface area (Å²) >= 11 is 0. The Bertz CT molecular complexity index is 508. The van der Waals surface area contributed by atoms with Crippen molar-refractivity contribution in [3.8, 4) is 0 Å². The predicted octanol–water partition coefficient (Wildman–Crippen LogP) is 0.308. The Kier molecular flexibility index (Phi) is 3.56. The van der Waals surface area contributed by atoms with Gasteiger partial charge in [0.05, 0.1) is 0 Å². The van der Waals surface area contributed by atoms with Gasteiger partial charge in [0.25, 0.3) is 5.91 Å². The molecule has 0 bridgehead atoms. The van der Waals surface area contributed by atoms with E-state index in [1.807, 2.05) is 12.1 Å². The molecule has 0 radical (unpaired) electrons. The Morgan fingerprint density at radius 2 is 2.05 bits per heavy atom. The van der Waals surface area contributed by atoms with Crippen LogP contribution in [0.3, 0.4) is 0 Å². The number of rotatable bonds is 3. The van der Waals surface area contributed by atoms with Crippen molar-refractivity contribution in [1.82, 2.24) is 16.0 Å². The van der Waals surface area contributed by atoms with Crippen molar-refractivity contribution >= 4 is 17.6 Å². The maximum absolute atomic E-state index is 12.1. The smallest absolute Gasteiger partial charge is 0.321 e. The molecule has 0 spiro atoms. The summed E-state index contributed by atoms with van der Waals surface area (Å²) in [6.45, 7) is 3.11. The summed E-state index contributed by atoms with van der Waals surface area (Å²) in [5, 5.41) is 8.97. The average molecular weight is 274 g/mol. The Morgan fingerprint density at radius 3 is 2.65 bits per heavy atom. The molecule has 6 nitrogen and oxygen atoms in total. The Balaban J connectivity index is 1.66. The topological polar surface area (TPSA) is 73.5 Å². The first-order valence-corrected chi connectivity index (χ1v) is 6.91. The first-order chi connectivity index (χ1) is 9.74. The molecule has 3 amide bonds. The molecular formula is C14H18N4O2. The molecule has 3 N–H and O–H groups in total. The van der Waals surface area contributed by atoms with Crippen LogP contribution in [-0.4, -0.2) is 44.2 Å². The number of carbonyl (C=O) groups excluding carboxylic acids is 2. The molecule has 0 aromatic heterocycles. The number of hydrogen-bond donors (Lipinski definition) is 3. The first kappa shape index (κ1) is 12.9. The maximum Gasteiger partial charge on any atom is 0.321 e. The minimum absolute atomic E-state index is 0.0591. The number of carbonyl (C=O) groups is 2. The van der Waals surface area contributed by atoms with Crippen LogP contribution in [0.15, 0.2) is 24.3 Å². The molecule has 2 fully saturated rings. The normalized spacial score (nSPS) is 21.9. The summed E-state index contributed by atoms with van der Waals surface area (Å²) in [6.07, 6.45) is 0.970. The van der Waals surface area contributed by atoms with Gasteiger partial charge in [-0.05, 0) is 37.2 Å². The Morgan fingerprint density at radius 1 is 1.25 bits per heavy atom. The zero-order valence-electron chi connectivity index (χ0n) is 11.2. The van der Waals surface area contributed by atoms with Gasteiger partial charge in [0.1, 0.15) is 0 Å². The summed E-state index contributed by atoms with van der Waals surface area (Å²) in [5.74, 6) is -0.0591. The maximum atomic E-state index is 12.1. The summed E-state index contributed by atoms with van der Waals surface area (Å²) in [5.41, 5.74) is 1.44. The van der Waals surface area contributed by atoms with Gasteiger partial charge in [-0.25, -0.2) is 4.79 Å². The van der Waals surface area contributed by atoms with Gasteiger partial charge in [-0.1, -0.05) is 0 Å². The van der Waals surface area contributed by atoms with Crippen LogP contribution >= 0.6 is 0 Å². The van der Waals surface area contributed by atoms with Crippen LogP contribution in [0.25, 0.3) is 0 Å². The van der Waals surface area contributed by atoms with Gasteiger partial charge in [-0.2, -0.15) is 0 Å². The Labute approximate surface area is 117 Å². The van der Waals surface area contributed by atoms with Crippen LogP contribution in [0, 0.1) is 0 Å². The van der Waals surface area contributed by atoms with Crippen molar-refractivity contribution in [2.45, 2.75) is 12.5 Å². The number of hydrogen-bond acceptors (Lipinski definition) is 3. The number of urea groups is 1.